The summed E-state index contributed by atoms with van der Waals surface area (Å²) in [6.45, 7) is 0.253. The monoisotopic (exact) mass is 491 g/mol. The van der Waals surface area contributed by atoms with Gasteiger partial charge in [0.25, 0.3) is 0 Å². The van der Waals surface area contributed by atoms with E-state index in [1.54, 1.807) is 4.57 Å². The third-order valence-corrected chi connectivity index (χ3v) is 6.36. The zero-order valence-corrected chi connectivity index (χ0v) is 19.0. The standard InChI is InChI=1S/C21H26N5O7P/c27-16-14(9-32-11-34(29,30)31)33-21(17(16)28)26-10-23-15-19(22-8-12-4-2-1-3-5-12)24-18(13-6-7-13)25-20(15)26/h1-5,10,13-14,16-17,21,27-28H,6-9,11H2,(H,22,24,25)(H2,29,30,31)/t14-,16-,17-,21-/m1/s1. The molecular formula is C21H26N5O7P. The Hall–Kier alpha value is -2.44. The summed E-state index contributed by atoms with van der Waals surface area (Å²) in [5.74, 6) is 1.52. The van der Waals surface area contributed by atoms with Crippen molar-refractivity contribution in [1.29, 1.82) is 0 Å². The fourth-order valence-electron chi connectivity index (χ4n) is 3.93. The number of aliphatic hydroxyl groups excluding tert-OH is 2. The van der Waals surface area contributed by atoms with Crippen molar-refractivity contribution in [3.05, 3.63) is 48.0 Å². The van der Waals surface area contributed by atoms with Gasteiger partial charge in [0.1, 0.15) is 30.5 Å². The van der Waals surface area contributed by atoms with Crippen LogP contribution in [0.25, 0.3) is 11.2 Å². The molecule has 1 aromatic carbocycles. The number of ether oxygens (including phenoxy) is 2. The number of hydrogen-bond acceptors (Lipinski definition) is 9. The first-order chi connectivity index (χ1) is 16.3. The van der Waals surface area contributed by atoms with Gasteiger partial charge in [-0.15, -0.1) is 0 Å². The lowest BCUT2D eigenvalue weighted by atomic mass is 10.1. The molecule has 1 saturated heterocycles. The highest BCUT2D eigenvalue weighted by molar-refractivity contribution is 7.51. The summed E-state index contributed by atoms with van der Waals surface area (Å²) in [6, 6.07) is 9.88. The van der Waals surface area contributed by atoms with E-state index in [2.05, 4.69) is 20.3 Å². The molecular weight excluding hydrogens is 465 g/mol. The summed E-state index contributed by atoms with van der Waals surface area (Å²) in [5, 5.41) is 24.4. The Morgan fingerprint density at radius 2 is 1.91 bits per heavy atom. The Morgan fingerprint density at radius 1 is 1.15 bits per heavy atom. The van der Waals surface area contributed by atoms with Crippen LogP contribution in [0.3, 0.4) is 0 Å². The second-order valence-corrected chi connectivity index (χ2v) is 10.2. The van der Waals surface area contributed by atoms with E-state index in [4.69, 9.17) is 19.3 Å². The number of nitrogens with one attached hydrogen (secondary N) is 1. The number of fused-ring (bicyclic) bond motifs is 1. The van der Waals surface area contributed by atoms with Gasteiger partial charge in [-0.25, -0.2) is 15.0 Å². The predicted octanol–water partition coefficient (Wildman–Crippen LogP) is 1.09. The number of nitrogens with zero attached hydrogens (tertiary/aromatic N) is 4. The summed E-state index contributed by atoms with van der Waals surface area (Å²) in [4.78, 5) is 31.7. The number of hydrogen-bond donors (Lipinski definition) is 5. The fraction of sp³-hybridized carbons (Fsp3) is 0.476. The highest BCUT2D eigenvalue weighted by Crippen LogP contribution is 2.40. The molecule has 2 aromatic heterocycles. The molecule has 3 heterocycles. The van der Waals surface area contributed by atoms with Crippen molar-refractivity contribution in [2.45, 2.75) is 49.8 Å². The van der Waals surface area contributed by atoms with Crippen molar-refractivity contribution < 1.29 is 34.0 Å². The van der Waals surface area contributed by atoms with Crippen LogP contribution in [0.2, 0.25) is 0 Å². The van der Waals surface area contributed by atoms with E-state index in [9.17, 15) is 14.8 Å². The molecule has 4 atom stereocenters. The van der Waals surface area contributed by atoms with Crippen LogP contribution >= 0.6 is 7.60 Å². The van der Waals surface area contributed by atoms with Crippen LogP contribution in [0.15, 0.2) is 36.7 Å². The average molecular weight is 491 g/mol. The Balaban J connectivity index is 1.40. The molecule has 0 amide bonds. The summed E-state index contributed by atoms with van der Waals surface area (Å²) in [5.41, 5.74) is 2.05. The molecule has 1 saturated carbocycles. The molecule has 0 spiro atoms. The van der Waals surface area contributed by atoms with E-state index >= 15 is 0 Å². The number of imidazole rings is 1. The maximum absolute atomic E-state index is 11.0. The molecule has 1 aliphatic carbocycles. The topological polar surface area (TPSA) is 172 Å². The van der Waals surface area contributed by atoms with E-state index < -0.39 is 38.5 Å². The molecule has 13 heteroatoms. The zero-order valence-electron chi connectivity index (χ0n) is 18.1. The van der Waals surface area contributed by atoms with Gasteiger partial charge in [-0.05, 0) is 18.4 Å². The van der Waals surface area contributed by atoms with Crippen LogP contribution in [0, 0.1) is 0 Å². The first kappa shape index (κ1) is 23.3. The molecule has 0 bridgehead atoms. The van der Waals surface area contributed by atoms with Crippen LogP contribution < -0.4 is 5.32 Å². The fourth-order valence-corrected chi connectivity index (χ4v) is 4.28. The minimum absolute atomic E-state index is 0.263. The molecule has 2 aliphatic rings. The Morgan fingerprint density at radius 3 is 2.62 bits per heavy atom. The lowest BCUT2D eigenvalue weighted by molar-refractivity contribution is -0.0613. The van der Waals surface area contributed by atoms with Gasteiger partial charge < -0.3 is 34.8 Å². The van der Waals surface area contributed by atoms with Crippen molar-refractivity contribution in [1.82, 2.24) is 19.5 Å². The first-order valence-corrected chi connectivity index (χ1v) is 12.8. The van der Waals surface area contributed by atoms with Crippen molar-refractivity contribution in [2.24, 2.45) is 0 Å². The molecule has 0 radical (unpaired) electrons. The van der Waals surface area contributed by atoms with Crippen molar-refractivity contribution in [3.8, 4) is 0 Å². The maximum Gasteiger partial charge on any atom is 0.350 e. The van der Waals surface area contributed by atoms with Gasteiger partial charge >= 0.3 is 7.60 Å². The van der Waals surface area contributed by atoms with Gasteiger partial charge in [-0.1, -0.05) is 30.3 Å². The quantitative estimate of drug-likeness (QED) is 0.271. The molecule has 2 fully saturated rings. The molecule has 5 rings (SSSR count). The molecule has 0 unspecified atom stereocenters. The number of benzene rings is 1. The van der Waals surface area contributed by atoms with E-state index in [1.807, 2.05) is 30.3 Å². The van der Waals surface area contributed by atoms with Gasteiger partial charge in [-0.3, -0.25) is 9.13 Å². The van der Waals surface area contributed by atoms with Crippen molar-refractivity contribution in [3.63, 3.8) is 0 Å². The highest BCUT2D eigenvalue weighted by Gasteiger charge is 2.45. The van der Waals surface area contributed by atoms with Crippen LogP contribution in [0.1, 0.15) is 36.4 Å². The number of rotatable bonds is 9. The molecule has 182 valence electrons. The number of aromatic nitrogens is 4. The van der Waals surface area contributed by atoms with Crippen molar-refractivity contribution in [2.75, 3.05) is 18.3 Å². The normalized spacial score (nSPS) is 25.2. The van der Waals surface area contributed by atoms with E-state index in [1.165, 1.54) is 6.33 Å². The highest BCUT2D eigenvalue weighted by atomic mass is 31.2. The number of anilines is 1. The lowest BCUT2D eigenvalue weighted by Gasteiger charge is -2.17. The van der Waals surface area contributed by atoms with Crippen LogP contribution in [-0.2, 0) is 20.6 Å². The van der Waals surface area contributed by atoms with Gasteiger partial charge in [-0.2, -0.15) is 0 Å². The minimum Gasteiger partial charge on any atom is -0.387 e. The van der Waals surface area contributed by atoms with Crippen LogP contribution in [0.5, 0.6) is 0 Å². The van der Waals surface area contributed by atoms with Gasteiger partial charge in [0.2, 0.25) is 0 Å². The van der Waals surface area contributed by atoms with E-state index in [-0.39, 0.29) is 12.5 Å². The second-order valence-electron chi connectivity index (χ2n) is 8.58. The molecule has 12 nitrogen and oxygen atoms in total. The molecule has 3 aromatic rings. The van der Waals surface area contributed by atoms with Crippen molar-refractivity contribution >= 4 is 24.6 Å². The van der Waals surface area contributed by atoms with E-state index in [0.717, 1.165) is 18.4 Å². The third-order valence-electron chi connectivity index (χ3n) is 5.84. The van der Waals surface area contributed by atoms with Gasteiger partial charge in [0.05, 0.1) is 12.9 Å². The molecule has 34 heavy (non-hydrogen) atoms. The summed E-state index contributed by atoms with van der Waals surface area (Å²) < 4.78 is 23.3. The smallest absolute Gasteiger partial charge is 0.350 e. The minimum atomic E-state index is -4.36. The van der Waals surface area contributed by atoms with Gasteiger partial charge in [0, 0.05) is 12.5 Å². The summed E-state index contributed by atoms with van der Waals surface area (Å²) in [7, 11) is -4.36. The number of aliphatic hydroxyl groups is 2. The average Bonchev–Trinajstić information content (AvgIpc) is 3.52. The van der Waals surface area contributed by atoms with Crippen LogP contribution in [-0.4, -0.2) is 70.8 Å². The Bertz CT molecular complexity index is 1200. The van der Waals surface area contributed by atoms with Crippen LogP contribution in [0.4, 0.5) is 5.82 Å². The Kier molecular flexibility index (Phi) is 6.38. The molecule has 5 N–H and O–H groups in total. The van der Waals surface area contributed by atoms with Gasteiger partial charge in [0.15, 0.2) is 23.2 Å². The predicted molar refractivity (Wildman–Crippen MR) is 120 cm³/mol. The summed E-state index contributed by atoms with van der Waals surface area (Å²) in [6.07, 6.45) is -1.96. The Labute approximate surface area is 194 Å². The third kappa shape index (κ3) is 4.98. The lowest BCUT2D eigenvalue weighted by Crippen LogP contribution is -2.33. The molecule has 1 aliphatic heterocycles. The largest absolute Gasteiger partial charge is 0.387 e. The maximum atomic E-state index is 11.0. The SMILES string of the molecule is O=P(O)(O)COC[C@H]1O[C@@H](n2cnc3c(NCc4ccccc4)nc(C4CC4)nc32)[C@H](O)[C@@H]1O. The van der Waals surface area contributed by atoms with E-state index in [0.29, 0.717) is 29.4 Å². The summed E-state index contributed by atoms with van der Waals surface area (Å²) >= 11 is 0. The second kappa shape index (κ2) is 9.31. The zero-order chi connectivity index (χ0) is 23.9. The first-order valence-electron chi connectivity index (χ1n) is 11.0.